The van der Waals surface area contributed by atoms with E-state index in [1.807, 2.05) is 0 Å². The van der Waals surface area contributed by atoms with Gasteiger partial charge in [0.2, 0.25) is 10.0 Å². The summed E-state index contributed by atoms with van der Waals surface area (Å²) >= 11 is 5.93. The van der Waals surface area contributed by atoms with E-state index in [-0.39, 0.29) is 48.0 Å². The molecule has 0 spiro atoms. The molecule has 2 aromatic carbocycles. The minimum Gasteiger partial charge on any atom is -0.490 e. The number of fused-ring (bicyclic) bond motifs is 3. The van der Waals surface area contributed by atoms with Gasteiger partial charge in [-0.1, -0.05) is 11.6 Å². The lowest BCUT2D eigenvalue weighted by molar-refractivity contribution is 0.103. The Balaban J connectivity index is 1.87. The molecule has 0 bridgehead atoms. The van der Waals surface area contributed by atoms with Crippen molar-refractivity contribution < 1.29 is 30.4 Å². The fraction of sp³-hybridized carbons (Fsp3) is 0.455. The molecule has 0 radical (unpaired) electrons. The topological polar surface area (TPSA) is 80.8 Å². The minimum absolute atomic E-state index is 0.0622. The van der Waals surface area contributed by atoms with E-state index in [0.717, 1.165) is 16.4 Å². The smallest absolute Gasteiger partial charge is 0.213 e. The van der Waals surface area contributed by atoms with Crippen molar-refractivity contribution in [2.24, 2.45) is 11.8 Å². The third-order valence-electron chi connectivity index (χ3n) is 6.72. The quantitative estimate of drug-likeness (QED) is 0.596. The van der Waals surface area contributed by atoms with Gasteiger partial charge in [0, 0.05) is 25.0 Å². The zero-order valence-corrected chi connectivity index (χ0v) is 20.5. The van der Waals surface area contributed by atoms with Crippen molar-refractivity contribution >= 4 is 31.5 Å². The van der Waals surface area contributed by atoms with E-state index in [0.29, 0.717) is 5.02 Å². The molecule has 0 N–H and O–H groups in total. The summed E-state index contributed by atoms with van der Waals surface area (Å²) < 4.78 is 87.7. The molecular weight excluding hydrogens is 496 g/mol. The lowest BCUT2D eigenvalue weighted by Crippen LogP contribution is -2.53. The van der Waals surface area contributed by atoms with E-state index in [1.54, 1.807) is 0 Å². The number of halogens is 3. The first kappa shape index (κ1) is 24.4. The third kappa shape index (κ3) is 3.94. The molecule has 11 heteroatoms. The summed E-state index contributed by atoms with van der Waals surface area (Å²) in [5.74, 6) is -3.38. The van der Waals surface area contributed by atoms with Gasteiger partial charge in [0.1, 0.15) is 10.6 Å². The van der Waals surface area contributed by atoms with Gasteiger partial charge in [0.15, 0.2) is 21.4 Å². The summed E-state index contributed by atoms with van der Waals surface area (Å²) in [6.07, 6.45) is 0.327. The van der Waals surface area contributed by atoms with Crippen LogP contribution in [0.5, 0.6) is 5.75 Å². The van der Waals surface area contributed by atoms with Crippen LogP contribution >= 0.6 is 11.6 Å². The number of nitrogens with zero attached hydrogens (tertiary/aromatic N) is 1. The molecular formula is C22H24ClF2NO5S2. The van der Waals surface area contributed by atoms with Crippen molar-refractivity contribution in [2.45, 2.75) is 28.9 Å². The van der Waals surface area contributed by atoms with Crippen molar-refractivity contribution in [3.8, 4) is 5.75 Å². The number of ether oxygens (including phenoxy) is 1. The van der Waals surface area contributed by atoms with E-state index >= 15 is 4.39 Å². The van der Waals surface area contributed by atoms with Crippen LogP contribution in [0.2, 0.25) is 5.02 Å². The molecule has 0 unspecified atom stereocenters. The summed E-state index contributed by atoms with van der Waals surface area (Å²) in [4.78, 5) is -0.0622. The highest BCUT2D eigenvalue weighted by atomic mass is 35.5. The average Bonchev–Trinajstić information content (AvgIpc) is 2.75. The van der Waals surface area contributed by atoms with Crippen LogP contribution in [0.1, 0.15) is 24.8 Å². The fourth-order valence-electron chi connectivity index (χ4n) is 5.03. The van der Waals surface area contributed by atoms with Gasteiger partial charge in [-0.2, -0.15) is 0 Å². The van der Waals surface area contributed by atoms with Gasteiger partial charge in [0.05, 0.1) is 22.8 Å². The maximum Gasteiger partial charge on any atom is 0.213 e. The van der Waals surface area contributed by atoms with Crippen LogP contribution in [-0.4, -0.2) is 47.6 Å². The number of hydrogen-bond acceptors (Lipinski definition) is 5. The SMILES string of the molecule is CN(C)S(=O)(=O)C[C@@H]1CC[C@@]2(S(=O)(=O)c3ccc(Cl)cc3)c3c(F)ccc(F)c3OC[C@H]2C1. The van der Waals surface area contributed by atoms with Gasteiger partial charge in [-0.25, -0.2) is 29.9 Å². The van der Waals surface area contributed by atoms with Crippen LogP contribution in [0, 0.1) is 23.5 Å². The second-order valence-corrected chi connectivity index (χ2v) is 13.7. The van der Waals surface area contributed by atoms with Crippen LogP contribution in [0.3, 0.4) is 0 Å². The molecule has 1 aliphatic carbocycles. The van der Waals surface area contributed by atoms with Gasteiger partial charge in [-0.15, -0.1) is 0 Å². The standard InChI is InChI=1S/C22H24ClF2NO5S2/c1-26(2)32(27,28)13-14-9-10-22(33(29,30)17-5-3-16(23)4-6-17)15(11-14)12-31-21-19(25)8-7-18(24)20(21)22/h3-8,14-15H,9-13H2,1-2H3/t14-,15-,22+/m1/s1. The Hall–Kier alpha value is -1.75. The molecule has 4 rings (SSSR count). The maximum absolute atomic E-state index is 15.2. The van der Waals surface area contributed by atoms with Crippen molar-refractivity contribution in [2.75, 3.05) is 26.5 Å². The Morgan fingerprint density at radius 2 is 1.70 bits per heavy atom. The molecule has 0 amide bonds. The molecule has 6 nitrogen and oxygen atoms in total. The van der Waals surface area contributed by atoms with E-state index in [9.17, 15) is 21.2 Å². The Bertz CT molecular complexity index is 1280. The molecule has 2 aromatic rings. The highest BCUT2D eigenvalue weighted by Crippen LogP contribution is 2.57. The minimum atomic E-state index is -4.24. The molecule has 3 atom stereocenters. The van der Waals surface area contributed by atoms with Crippen molar-refractivity contribution in [3.05, 3.63) is 58.6 Å². The Morgan fingerprint density at radius 3 is 2.33 bits per heavy atom. The zero-order chi connectivity index (χ0) is 24.2. The lowest BCUT2D eigenvalue weighted by Gasteiger charge is -2.49. The molecule has 33 heavy (non-hydrogen) atoms. The van der Waals surface area contributed by atoms with Crippen LogP contribution in [0.15, 0.2) is 41.3 Å². The highest BCUT2D eigenvalue weighted by Gasteiger charge is 2.59. The monoisotopic (exact) mass is 519 g/mol. The van der Waals surface area contributed by atoms with Crippen LogP contribution < -0.4 is 4.74 Å². The molecule has 0 aromatic heterocycles. The van der Waals surface area contributed by atoms with Gasteiger partial charge in [0.25, 0.3) is 0 Å². The van der Waals surface area contributed by atoms with Gasteiger partial charge >= 0.3 is 0 Å². The van der Waals surface area contributed by atoms with Gasteiger partial charge < -0.3 is 4.74 Å². The normalized spacial score (nSPS) is 25.3. The van der Waals surface area contributed by atoms with Crippen molar-refractivity contribution in [3.63, 3.8) is 0 Å². The second kappa shape index (κ2) is 8.48. The number of benzene rings is 2. The highest BCUT2D eigenvalue weighted by molar-refractivity contribution is 7.92. The summed E-state index contributed by atoms with van der Waals surface area (Å²) in [6, 6.07) is 7.36. The first-order valence-electron chi connectivity index (χ1n) is 10.4. The second-order valence-electron chi connectivity index (χ2n) is 8.79. The number of sulfonamides is 1. The largest absolute Gasteiger partial charge is 0.490 e. The molecule has 1 heterocycles. The molecule has 180 valence electrons. The average molecular weight is 520 g/mol. The predicted octanol–water partition coefficient (Wildman–Crippen LogP) is 3.99. The van der Waals surface area contributed by atoms with E-state index in [2.05, 4.69) is 0 Å². The zero-order valence-electron chi connectivity index (χ0n) is 18.1. The molecule has 1 fully saturated rings. The summed E-state index contributed by atoms with van der Waals surface area (Å²) in [5.41, 5.74) is -0.317. The molecule has 2 aliphatic rings. The predicted molar refractivity (Wildman–Crippen MR) is 120 cm³/mol. The molecule has 0 saturated heterocycles. The first-order valence-corrected chi connectivity index (χ1v) is 13.9. The van der Waals surface area contributed by atoms with E-state index in [4.69, 9.17) is 16.3 Å². The van der Waals surface area contributed by atoms with Crippen LogP contribution in [-0.2, 0) is 24.6 Å². The summed E-state index contributed by atoms with van der Waals surface area (Å²) in [6.45, 7) is -0.168. The maximum atomic E-state index is 15.2. The summed E-state index contributed by atoms with van der Waals surface area (Å²) in [5, 5.41) is 0.338. The number of rotatable bonds is 5. The molecule has 1 aliphatic heterocycles. The lowest BCUT2D eigenvalue weighted by atomic mass is 9.69. The number of hydrogen-bond donors (Lipinski definition) is 0. The van der Waals surface area contributed by atoms with Crippen LogP contribution in [0.4, 0.5) is 8.78 Å². The fourth-order valence-corrected chi connectivity index (χ4v) is 8.71. The third-order valence-corrected chi connectivity index (χ3v) is 11.6. The van der Waals surface area contributed by atoms with Crippen molar-refractivity contribution in [1.82, 2.24) is 4.31 Å². The Kier molecular flexibility index (Phi) is 6.26. The number of sulfone groups is 1. The van der Waals surface area contributed by atoms with Gasteiger partial charge in [-0.3, -0.25) is 0 Å². The van der Waals surface area contributed by atoms with Gasteiger partial charge in [-0.05, 0) is 61.6 Å². The Labute approximate surface area is 197 Å². The first-order chi connectivity index (χ1) is 15.4. The Morgan fingerprint density at radius 1 is 1.06 bits per heavy atom. The molecule has 1 saturated carbocycles. The van der Waals surface area contributed by atoms with E-state index < -0.39 is 47.9 Å². The van der Waals surface area contributed by atoms with Crippen molar-refractivity contribution in [1.29, 1.82) is 0 Å². The van der Waals surface area contributed by atoms with Crippen LogP contribution in [0.25, 0.3) is 0 Å². The van der Waals surface area contributed by atoms with E-state index in [1.165, 1.54) is 38.4 Å². The summed E-state index contributed by atoms with van der Waals surface area (Å²) in [7, 11) is -4.90.